The molecule has 8 heteroatoms. The van der Waals surface area contributed by atoms with Crippen LogP contribution in [0.15, 0.2) is 64.2 Å². The lowest BCUT2D eigenvalue weighted by Gasteiger charge is -2.19. The van der Waals surface area contributed by atoms with Gasteiger partial charge in [0, 0.05) is 19.4 Å². The molecule has 0 radical (unpaired) electrons. The molecule has 150 valence electrons. The number of aromatic nitrogens is 2. The molecule has 0 aliphatic rings. The van der Waals surface area contributed by atoms with Crippen LogP contribution in [0.2, 0.25) is 0 Å². The summed E-state index contributed by atoms with van der Waals surface area (Å²) in [6.45, 7) is 0.136. The fraction of sp³-hybridized carbons (Fsp3) is 0.238. The van der Waals surface area contributed by atoms with Crippen molar-refractivity contribution in [2.24, 2.45) is 0 Å². The van der Waals surface area contributed by atoms with E-state index in [1.807, 2.05) is 30.3 Å². The van der Waals surface area contributed by atoms with Gasteiger partial charge in [0.25, 0.3) is 5.56 Å². The molecule has 0 spiro atoms. The number of nitrogens with one attached hydrogen (secondary N) is 2. The number of carbonyl (C=O) groups excluding carboxylic acids is 1. The summed E-state index contributed by atoms with van der Waals surface area (Å²) in [5.74, 6) is -1.47. The first-order valence-corrected chi connectivity index (χ1v) is 9.24. The van der Waals surface area contributed by atoms with Crippen molar-refractivity contribution < 1.29 is 14.7 Å². The Balaban J connectivity index is 1.98. The Morgan fingerprint density at radius 3 is 2.45 bits per heavy atom. The summed E-state index contributed by atoms with van der Waals surface area (Å²) in [7, 11) is 0. The van der Waals surface area contributed by atoms with Crippen molar-refractivity contribution in [3.05, 3.63) is 81.0 Å². The van der Waals surface area contributed by atoms with Gasteiger partial charge in [0.2, 0.25) is 5.91 Å². The highest BCUT2D eigenvalue weighted by atomic mass is 16.4. The van der Waals surface area contributed by atoms with Crippen LogP contribution in [0.1, 0.15) is 24.4 Å². The minimum absolute atomic E-state index is 0.0832. The minimum atomic E-state index is -1.07. The third kappa shape index (κ3) is 4.78. The molecule has 1 heterocycles. The lowest BCUT2D eigenvalue weighted by Crippen LogP contribution is -2.45. The van der Waals surface area contributed by atoms with E-state index in [0.717, 1.165) is 10.1 Å². The molecule has 2 aromatic carbocycles. The third-order valence-electron chi connectivity index (χ3n) is 4.59. The zero-order valence-electron chi connectivity index (χ0n) is 15.6. The topological polar surface area (TPSA) is 121 Å². The van der Waals surface area contributed by atoms with Gasteiger partial charge in [-0.05, 0) is 24.1 Å². The Morgan fingerprint density at radius 2 is 1.72 bits per heavy atom. The number of fused-ring (bicyclic) bond motifs is 1. The second kappa shape index (κ2) is 9.01. The number of aromatic amines is 1. The molecule has 1 aromatic heterocycles. The van der Waals surface area contributed by atoms with Gasteiger partial charge in [0.1, 0.15) is 6.04 Å². The fourth-order valence-corrected chi connectivity index (χ4v) is 3.17. The summed E-state index contributed by atoms with van der Waals surface area (Å²) in [5.41, 5.74) is -0.0296. The van der Waals surface area contributed by atoms with Gasteiger partial charge >= 0.3 is 11.7 Å². The van der Waals surface area contributed by atoms with Crippen LogP contribution in [0.5, 0.6) is 0 Å². The Hall–Kier alpha value is -3.68. The second-order valence-corrected chi connectivity index (χ2v) is 6.64. The number of carboxylic acid groups (broad SMARTS) is 1. The molecule has 0 saturated carbocycles. The van der Waals surface area contributed by atoms with Crippen LogP contribution in [-0.4, -0.2) is 33.1 Å². The lowest BCUT2D eigenvalue weighted by molar-refractivity contribution is -0.137. The third-order valence-corrected chi connectivity index (χ3v) is 4.59. The molecule has 0 bridgehead atoms. The lowest BCUT2D eigenvalue weighted by atomic mass is 10.0. The van der Waals surface area contributed by atoms with Crippen molar-refractivity contribution in [1.29, 1.82) is 0 Å². The first kappa shape index (κ1) is 20.1. The summed E-state index contributed by atoms with van der Waals surface area (Å²) in [4.78, 5) is 51.8. The number of hydrogen-bond donors (Lipinski definition) is 3. The first-order valence-electron chi connectivity index (χ1n) is 9.24. The van der Waals surface area contributed by atoms with Crippen molar-refractivity contribution in [2.75, 3.05) is 6.54 Å². The average Bonchev–Trinajstić information content (AvgIpc) is 2.71. The van der Waals surface area contributed by atoms with Gasteiger partial charge in [0.15, 0.2) is 0 Å². The van der Waals surface area contributed by atoms with Crippen LogP contribution in [0.3, 0.4) is 0 Å². The number of benzene rings is 2. The highest BCUT2D eigenvalue weighted by molar-refractivity contribution is 5.82. The Kier molecular flexibility index (Phi) is 6.23. The van der Waals surface area contributed by atoms with E-state index in [1.165, 1.54) is 0 Å². The number of hydrogen-bond acceptors (Lipinski definition) is 4. The number of para-hydroxylation sites is 1. The number of carbonyl (C=O) groups is 2. The van der Waals surface area contributed by atoms with Crippen LogP contribution < -0.4 is 16.6 Å². The summed E-state index contributed by atoms with van der Waals surface area (Å²) < 4.78 is 0.932. The Labute approximate surface area is 165 Å². The van der Waals surface area contributed by atoms with E-state index in [1.54, 1.807) is 24.3 Å². The first-order chi connectivity index (χ1) is 14.0. The second-order valence-electron chi connectivity index (χ2n) is 6.64. The summed E-state index contributed by atoms with van der Waals surface area (Å²) in [5, 5.41) is 11.7. The van der Waals surface area contributed by atoms with E-state index in [9.17, 15) is 19.2 Å². The quantitative estimate of drug-likeness (QED) is 0.499. The molecular weight excluding hydrogens is 374 g/mol. The Morgan fingerprint density at radius 1 is 1.03 bits per heavy atom. The number of nitrogens with zero attached hydrogens (tertiary/aromatic N) is 1. The average molecular weight is 395 g/mol. The summed E-state index contributed by atoms with van der Waals surface area (Å²) in [6, 6.07) is 14.6. The van der Waals surface area contributed by atoms with E-state index in [0.29, 0.717) is 10.9 Å². The molecule has 3 aromatic rings. The predicted molar refractivity (Wildman–Crippen MR) is 108 cm³/mol. The largest absolute Gasteiger partial charge is 0.481 e. The molecule has 1 unspecified atom stereocenters. The monoisotopic (exact) mass is 395 g/mol. The van der Waals surface area contributed by atoms with Gasteiger partial charge in [-0.2, -0.15) is 0 Å². The SMILES string of the molecule is O=C(O)CCCNC(=O)C(Cc1ccccc1)n1c(=O)[nH]c2ccccc2c1=O. The van der Waals surface area contributed by atoms with Crippen LogP contribution in [0.25, 0.3) is 10.9 Å². The van der Waals surface area contributed by atoms with Crippen LogP contribution >= 0.6 is 0 Å². The van der Waals surface area contributed by atoms with Gasteiger partial charge in [-0.15, -0.1) is 0 Å². The molecule has 8 nitrogen and oxygen atoms in total. The van der Waals surface area contributed by atoms with Gasteiger partial charge in [-0.25, -0.2) is 9.36 Å². The zero-order chi connectivity index (χ0) is 20.8. The van der Waals surface area contributed by atoms with Crippen LogP contribution in [-0.2, 0) is 16.0 Å². The smallest absolute Gasteiger partial charge is 0.329 e. The zero-order valence-corrected chi connectivity index (χ0v) is 15.6. The molecular formula is C21H21N3O5. The summed E-state index contributed by atoms with van der Waals surface area (Å²) >= 11 is 0. The molecule has 3 N–H and O–H groups in total. The Bertz CT molecular complexity index is 1130. The number of amides is 1. The molecule has 1 amide bonds. The van der Waals surface area contributed by atoms with E-state index < -0.39 is 29.2 Å². The molecule has 0 fully saturated rings. The predicted octanol–water partition coefficient (Wildman–Crippen LogP) is 1.45. The van der Waals surface area contributed by atoms with Crippen molar-refractivity contribution in [1.82, 2.24) is 14.9 Å². The van der Waals surface area contributed by atoms with E-state index in [2.05, 4.69) is 10.3 Å². The molecule has 0 aliphatic carbocycles. The van der Waals surface area contributed by atoms with E-state index >= 15 is 0 Å². The molecule has 0 saturated heterocycles. The number of H-pyrrole nitrogens is 1. The highest BCUT2D eigenvalue weighted by Gasteiger charge is 2.25. The van der Waals surface area contributed by atoms with Gasteiger partial charge < -0.3 is 15.4 Å². The summed E-state index contributed by atoms with van der Waals surface area (Å²) in [6.07, 6.45) is 0.315. The maximum atomic E-state index is 13.0. The molecule has 29 heavy (non-hydrogen) atoms. The molecule has 0 aliphatic heterocycles. The van der Waals surface area contributed by atoms with E-state index in [-0.39, 0.29) is 25.8 Å². The van der Waals surface area contributed by atoms with Crippen molar-refractivity contribution in [3.63, 3.8) is 0 Å². The standard InChI is InChI=1S/C21H21N3O5/c25-18(26)11-6-12-22-19(27)17(13-14-7-2-1-3-8-14)24-20(28)15-9-4-5-10-16(15)23-21(24)29/h1-5,7-10,17H,6,11-13H2,(H,22,27)(H,23,29)(H,25,26). The van der Waals surface area contributed by atoms with Crippen molar-refractivity contribution in [2.45, 2.75) is 25.3 Å². The van der Waals surface area contributed by atoms with Crippen molar-refractivity contribution in [3.8, 4) is 0 Å². The highest BCUT2D eigenvalue weighted by Crippen LogP contribution is 2.13. The van der Waals surface area contributed by atoms with Crippen molar-refractivity contribution >= 4 is 22.8 Å². The normalized spacial score (nSPS) is 11.9. The fourth-order valence-electron chi connectivity index (χ4n) is 3.17. The number of carboxylic acids is 1. The minimum Gasteiger partial charge on any atom is -0.481 e. The van der Waals surface area contributed by atoms with E-state index in [4.69, 9.17) is 5.11 Å². The number of aliphatic carboxylic acids is 1. The van der Waals surface area contributed by atoms with Gasteiger partial charge in [0.05, 0.1) is 10.9 Å². The maximum absolute atomic E-state index is 13.0. The number of rotatable bonds is 8. The van der Waals surface area contributed by atoms with Gasteiger partial charge in [-0.3, -0.25) is 14.4 Å². The molecule has 3 rings (SSSR count). The molecule has 1 atom stereocenters. The van der Waals surface area contributed by atoms with Crippen LogP contribution in [0, 0.1) is 0 Å². The van der Waals surface area contributed by atoms with Crippen LogP contribution in [0.4, 0.5) is 0 Å². The van der Waals surface area contributed by atoms with Gasteiger partial charge in [-0.1, -0.05) is 42.5 Å². The maximum Gasteiger partial charge on any atom is 0.329 e.